The van der Waals surface area contributed by atoms with Gasteiger partial charge in [0.1, 0.15) is 12.3 Å². The maximum atomic E-state index is 5.51. The predicted molar refractivity (Wildman–Crippen MR) is 66.9 cm³/mol. The average molecular weight is 243 g/mol. The molecule has 2 aromatic rings. The van der Waals surface area contributed by atoms with Gasteiger partial charge in [-0.25, -0.2) is 0 Å². The molecular weight excluding hydrogens is 230 g/mol. The highest BCUT2D eigenvalue weighted by Crippen LogP contribution is 2.17. The molecule has 6 nitrogen and oxygen atoms in total. The van der Waals surface area contributed by atoms with E-state index in [9.17, 15) is 0 Å². The van der Waals surface area contributed by atoms with Crippen LogP contribution in [0, 0.1) is 0 Å². The number of hydrogen-bond donors (Lipinski definition) is 1. The number of H-pyrrole nitrogens is 1. The van der Waals surface area contributed by atoms with Crippen molar-refractivity contribution in [3.8, 4) is 11.3 Å². The standard InChI is InChI=1S/C12H13N5O/c1-17-5-6-18-12(16-17)11-7-10(14-15-11)9-3-2-4-13-8-9/h2-4,7-8H,5-6H2,1H3,(H,14,15). The van der Waals surface area contributed by atoms with Gasteiger partial charge >= 0.3 is 0 Å². The zero-order valence-corrected chi connectivity index (χ0v) is 10.00. The number of rotatable bonds is 2. The van der Waals surface area contributed by atoms with E-state index >= 15 is 0 Å². The van der Waals surface area contributed by atoms with Gasteiger partial charge in [0.15, 0.2) is 0 Å². The van der Waals surface area contributed by atoms with E-state index in [0.29, 0.717) is 12.5 Å². The third-order valence-electron chi connectivity index (χ3n) is 2.68. The van der Waals surface area contributed by atoms with Crippen molar-refractivity contribution in [2.45, 2.75) is 0 Å². The Bertz CT molecular complexity index is 563. The molecule has 0 spiro atoms. The topological polar surface area (TPSA) is 66.4 Å². The highest BCUT2D eigenvalue weighted by molar-refractivity contribution is 5.93. The van der Waals surface area contributed by atoms with Crippen LogP contribution in [-0.2, 0) is 4.74 Å². The van der Waals surface area contributed by atoms with Gasteiger partial charge in [0.05, 0.1) is 12.2 Å². The van der Waals surface area contributed by atoms with E-state index in [-0.39, 0.29) is 0 Å². The molecule has 6 heteroatoms. The second-order valence-corrected chi connectivity index (χ2v) is 4.04. The molecule has 0 saturated heterocycles. The smallest absolute Gasteiger partial charge is 0.256 e. The van der Waals surface area contributed by atoms with Crippen LogP contribution in [0.3, 0.4) is 0 Å². The van der Waals surface area contributed by atoms with Crippen molar-refractivity contribution in [3.05, 3.63) is 36.3 Å². The molecule has 0 saturated carbocycles. The van der Waals surface area contributed by atoms with Crippen LogP contribution >= 0.6 is 0 Å². The summed E-state index contributed by atoms with van der Waals surface area (Å²) in [6, 6.07) is 5.75. The third-order valence-corrected chi connectivity index (χ3v) is 2.68. The molecule has 0 unspecified atom stereocenters. The Balaban J connectivity index is 1.90. The number of hydrogen-bond acceptors (Lipinski definition) is 5. The van der Waals surface area contributed by atoms with Gasteiger partial charge in [-0.1, -0.05) is 0 Å². The van der Waals surface area contributed by atoms with Gasteiger partial charge in [0, 0.05) is 25.0 Å². The number of hydrazone groups is 1. The van der Waals surface area contributed by atoms with E-state index in [1.54, 1.807) is 12.4 Å². The van der Waals surface area contributed by atoms with Crippen LogP contribution < -0.4 is 0 Å². The van der Waals surface area contributed by atoms with Gasteiger partial charge in [-0.05, 0) is 18.2 Å². The van der Waals surface area contributed by atoms with Crippen molar-refractivity contribution in [2.24, 2.45) is 5.10 Å². The molecule has 0 atom stereocenters. The molecule has 1 N–H and O–H groups in total. The van der Waals surface area contributed by atoms with E-state index in [2.05, 4.69) is 20.3 Å². The van der Waals surface area contributed by atoms with Crippen LogP contribution in [0.15, 0.2) is 35.7 Å². The molecule has 1 aliphatic heterocycles. The van der Waals surface area contributed by atoms with Crippen molar-refractivity contribution in [2.75, 3.05) is 20.2 Å². The monoisotopic (exact) mass is 243 g/mol. The molecule has 0 bridgehead atoms. The van der Waals surface area contributed by atoms with Gasteiger partial charge in [-0.15, -0.1) is 5.10 Å². The van der Waals surface area contributed by atoms with Gasteiger partial charge in [0.2, 0.25) is 0 Å². The quantitative estimate of drug-likeness (QED) is 0.857. The van der Waals surface area contributed by atoms with Crippen molar-refractivity contribution >= 4 is 5.90 Å². The van der Waals surface area contributed by atoms with Crippen LogP contribution in [-0.4, -0.2) is 46.3 Å². The van der Waals surface area contributed by atoms with E-state index in [1.165, 1.54) is 0 Å². The number of likely N-dealkylation sites (N-methyl/N-ethyl adjacent to an activating group) is 1. The van der Waals surface area contributed by atoms with E-state index in [1.807, 2.05) is 30.3 Å². The van der Waals surface area contributed by atoms with Gasteiger partial charge in [0.25, 0.3) is 5.90 Å². The predicted octanol–water partition coefficient (Wildman–Crippen LogP) is 1.10. The van der Waals surface area contributed by atoms with Crippen LogP contribution in [0.1, 0.15) is 5.69 Å². The summed E-state index contributed by atoms with van der Waals surface area (Å²) in [6.07, 6.45) is 3.51. The zero-order chi connectivity index (χ0) is 12.4. The SMILES string of the molecule is CN1CCOC(c2cc(-c3cccnc3)n[nH]2)=N1. The fourth-order valence-corrected chi connectivity index (χ4v) is 1.73. The van der Waals surface area contributed by atoms with Crippen molar-refractivity contribution in [3.63, 3.8) is 0 Å². The van der Waals surface area contributed by atoms with Gasteiger partial charge in [-0.2, -0.15) is 5.10 Å². The number of nitrogens with zero attached hydrogens (tertiary/aromatic N) is 4. The molecule has 0 aromatic carbocycles. The Labute approximate surface area is 104 Å². The summed E-state index contributed by atoms with van der Waals surface area (Å²) in [5, 5.41) is 13.3. The first-order valence-corrected chi connectivity index (χ1v) is 5.71. The summed E-state index contributed by atoms with van der Waals surface area (Å²) in [6.45, 7) is 1.43. The summed E-state index contributed by atoms with van der Waals surface area (Å²) >= 11 is 0. The minimum atomic E-state index is 0.575. The van der Waals surface area contributed by atoms with E-state index in [4.69, 9.17) is 4.74 Å². The van der Waals surface area contributed by atoms with E-state index in [0.717, 1.165) is 23.5 Å². The molecule has 2 aromatic heterocycles. The Morgan fingerprint density at radius 3 is 3.17 bits per heavy atom. The van der Waals surface area contributed by atoms with E-state index < -0.39 is 0 Å². The Morgan fingerprint density at radius 1 is 1.44 bits per heavy atom. The summed E-state index contributed by atoms with van der Waals surface area (Å²) in [4.78, 5) is 4.07. The van der Waals surface area contributed by atoms with Crippen LogP contribution in [0.5, 0.6) is 0 Å². The largest absolute Gasteiger partial charge is 0.473 e. The summed E-state index contributed by atoms with van der Waals surface area (Å²) < 4.78 is 5.51. The summed E-state index contributed by atoms with van der Waals surface area (Å²) in [5.74, 6) is 0.575. The fraction of sp³-hybridized carbons (Fsp3) is 0.250. The lowest BCUT2D eigenvalue weighted by Crippen LogP contribution is -2.28. The molecule has 0 amide bonds. The first-order valence-electron chi connectivity index (χ1n) is 5.71. The zero-order valence-electron chi connectivity index (χ0n) is 10.00. The third kappa shape index (κ3) is 2.04. The fourth-order valence-electron chi connectivity index (χ4n) is 1.73. The maximum Gasteiger partial charge on any atom is 0.256 e. The second-order valence-electron chi connectivity index (χ2n) is 4.04. The maximum absolute atomic E-state index is 5.51. The summed E-state index contributed by atoms with van der Waals surface area (Å²) in [5.41, 5.74) is 2.57. The molecule has 0 radical (unpaired) electrons. The first-order chi connectivity index (χ1) is 8.83. The molecular formula is C12H13N5O. The Morgan fingerprint density at radius 2 is 2.39 bits per heavy atom. The number of aromatic nitrogens is 3. The van der Waals surface area contributed by atoms with Gasteiger partial charge < -0.3 is 4.74 Å². The van der Waals surface area contributed by atoms with Crippen molar-refractivity contribution in [1.82, 2.24) is 20.2 Å². The molecule has 3 rings (SSSR count). The second kappa shape index (κ2) is 4.48. The minimum Gasteiger partial charge on any atom is -0.473 e. The molecule has 0 fully saturated rings. The molecule has 3 heterocycles. The number of nitrogens with one attached hydrogen (secondary N) is 1. The lowest BCUT2D eigenvalue weighted by atomic mass is 10.2. The number of pyridine rings is 1. The average Bonchev–Trinajstić information content (AvgIpc) is 2.89. The summed E-state index contributed by atoms with van der Waals surface area (Å²) in [7, 11) is 1.92. The normalized spacial score (nSPS) is 15.2. The lowest BCUT2D eigenvalue weighted by molar-refractivity contribution is 0.191. The van der Waals surface area contributed by atoms with Crippen molar-refractivity contribution in [1.29, 1.82) is 0 Å². The molecule has 1 aliphatic rings. The minimum absolute atomic E-state index is 0.575. The lowest BCUT2D eigenvalue weighted by Gasteiger charge is -2.20. The van der Waals surface area contributed by atoms with Crippen LogP contribution in [0.4, 0.5) is 0 Å². The number of ether oxygens (including phenoxy) is 1. The van der Waals surface area contributed by atoms with Crippen molar-refractivity contribution < 1.29 is 4.74 Å². The molecule has 18 heavy (non-hydrogen) atoms. The van der Waals surface area contributed by atoms with Crippen LogP contribution in [0.25, 0.3) is 11.3 Å². The Kier molecular flexibility index (Phi) is 2.68. The Hall–Kier alpha value is -2.37. The molecule has 92 valence electrons. The highest BCUT2D eigenvalue weighted by atomic mass is 16.5. The number of aromatic amines is 1. The molecule has 0 aliphatic carbocycles. The highest BCUT2D eigenvalue weighted by Gasteiger charge is 2.15. The first kappa shape index (κ1) is 10.8. The van der Waals surface area contributed by atoms with Crippen LogP contribution in [0.2, 0.25) is 0 Å². The van der Waals surface area contributed by atoms with Gasteiger partial charge in [-0.3, -0.25) is 15.1 Å².